The minimum atomic E-state index is -0.460. The summed E-state index contributed by atoms with van der Waals surface area (Å²) in [7, 11) is 0. The van der Waals surface area contributed by atoms with Gasteiger partial charge in [0.25, 0.3) is 0 Å². The van der Waals surface area contributed by atoms with Crippen LogP contribution in [0.15, 0.2) is 206 Å². The van der Waals surface area contributed by atoms with Crippen LogP contribution in [0, 0.1) is 11.8 Å². The van der Waals surface area contributed by atoms with Crippen LogP contribution >= 0.6 is 0 Å². The van der Waals surface area contributed by atoms with Gasteiger partial charge in [-0.15, -0.1) is 0 Å². The Kier molecular flexibility index (Phi) is 7.94. The van der Waals surface area contributed by atoms with Crippen molar-refractivity contribution >= 4 is 44.5 Å². The van der Waals surface area contributed by atoms with Crippen LogP contribution in [0.4, 0.5) is 11.4 Å². The van der Waals surface area contributed by atoms with Crippen molar-refractivity contribution in [1.82, 2.24) is 4.57 Å². The van der Waals surface area contributed by atoms with Gasteiger partial charge in [0.15, 0.2) is 0 Å². The third-order valence-electron chi connectivity index (χ3n) is 13.9. The molecule has 0 amide bonds. The van der Waals surface area contributed by atoms with Crippen LogP contribution in [0.2, 0.25) is 0 Å². The van der Waals surface area contributed by atoms with Gasteiger partial charge in [0.1, 0.15) is 0 Å². The molecular weight excluding hydrogens is 725 g/mol. The zero-order valence-corrected chi connectivity index (χ0v) is 34.1. The highest BCUT2D eigenvalue weighted by atomic mass is 15.2. The number of para-hydroxylation sites is 2. The Balaban J connectivity index is 1.14. The summed E-state index contributed by atoms with van der Waals surface area (Å²) in [6.07, 6.45) is 14.2. The quantitative estimate of drug-likeness (QED) is 0.169. The Morgan fingerprint density at radius 3 is 2.00 bits per heavy atom. The van der Waals surface area contributed by atoms with E-state index in [4.69, 9.17) is 0 Å². The molecule has 0 bridgehead atoms. The number of allylic oxidation sites excluding steroid dienone is 6. The Morgan fingerprint density at radius 2 is 1.22 bits per heavy atom. The molecule has 2 nitrogen and oxygen atoms in total. The number of fused-ring (bicyclic) bond motifs is 11. The molecule has 12 rings (SSSR count). The van der Waals surface area contributed by atoms with Crippen LogP contribution in [0.5, 0.6) is 0 Å². The number of hydrogen-bond donors (Lipinski definition) is 0. The second-order valence-corrected chi connectivity index (χ2v) is 17.3. The van der Waals surface area contributed by atoms with Crippen LogP contribution in [0.3, 0.4) is 0 Å². The van der Waals surface area contributed by atoms with Gasteiger partial charge < -0.3 is 9.47 Å². The van der Waals surface area contributed by atoms with E-state index in [9.17, 15) is 0 Å². The molecule has 60 heavy (non-hydrogen) atoms. The van der Waals surface area contributed by atoms with Crippen LogP contribution in [-0.4, -0.2) is 10.6 Å². The van der Waals surface area contributed by atoms with Crippen molar-refractivity contribution in [3.63, 3.8) is 0 Å². The Morgan fingerprint density at radius 1 is 0.567 bits per heavy atom. The molecule has 8 aromatic rings. The average molecular weight is 771 g/mol. The zero-order chi connectivity index (χ0) is 40.0. The predicted octanol–water partition coefficient (Wildman–Crippen LogP) is 14.3. The second kappa shape index (κ2) is 13.6. The monoisotopic (exact) mass is 770 g/mol. The van der Waals surface area contributed by atoms with Crippen molar-refractivity contribution in [2.24, 2.45) is 11.8 Å². The summed E-state index contributed by atoms with van der Waals surface area (Å²) in [5, 5.41) is 2.56. The van der Waals surface area contributed by atoms with Crippen molar-refractivity contribution in [3.8, 4) is 11.1 Å². The summed E-state index contributed by atoms with van der Waals surface area (Å²) in [5.74, 6) is 0.707. The third kappa shape index (κ3) is 5.07. The highest BCUT2D eigenvalue weighted by Gasteiger charge is 2.52. The Hall–Kier alpha value is -6.90. The molecule has 4 aliphatic carbocycles. The van der Waals surface area contributed by atoms with Gasteiger partial charge in [0.05, 0.1) is 22.5 Å². The number of benzene rings is 7. The number of nitrogens with zero attached hydrogens (tertiary/aromatic N) is 2. The fraction of sp³-hybridized carbons (Fsp3) is 0.138. The first-order valence-corrected chi connectivity index (χ1v) is 21.7. The van der Waals surface area contributed by atoms with Crippen molar-refractivity contribution in [3.05, 3.63) is 239 Å². The van der Waals surface area contributed by atoms with Crippen LogP contribution in [0.1, 0.15) is 53.6 Å². The smallest absolute Gasteiger partial charge is 0.0736 e. The minimum Gasteiger partial charge on any atom is -0.334 e. The van der Waals surface area contributed by atoms with E-state index >= 15 is 0 Å². The summed E-state index contributed by atoms with van der Waals surface area (Å²) in [4.78, 5) is 2.70. The van der Waals surface area contributed by atoms with Gasteiger partial charge in [0.2, 0.25) is 0 Å². The van der Waals surface area contributed by atoms with Crippen molar-refractivity contribution in [1.29, 1.82) is 0 Å². The lowest BCUT2D eigenvalue weighted by Gasteiger charge is -2.46. The molecule has 0 aliphatic heterocycles. The number of aromatic nitrogens is 1. The molecular formula is C58H46N2. The minimum absolute atomic E-state index is 0.0141. The highest BCUT2D eigenvalue weighted by Crippen LogP contribution is 2.62. The molecule has 7 aromatic carbocycles. The lowest BCUT2D eigenvalue weighted by molar-refractivity contribution is 0.602. The van der Waals surface area contributed by atoms with Gasteiger partial charge in [0, 0.05) is 27.8 Å². The van der Waals surface area contributed by atoms with E-state index in [0.29, 0.717) is 5.92 Å². The van der Waals surface area contributed by atoms with Crippen LogP contribution in [-0.2, 0) is 11.8 Å². The molecule has 0 saturated carbocycles. The number of hydrogen-bond acceptors (Lipinski definition) is 1. The summed E-state index contributed by atoms with van der Waals surface area (Å²) in [5.41, 5.74) is 19.5. The molecule has 0 fully saturated rings. The van der Waals surface area contributed by atoms with Crippen LogP contribution < -0.4 is 4.90 Å². The molecule has 1 heterocycles. The van der Waals surface area contributed by atoms with Gasteiger partial charge in [-0.05, 0) is 123 Å². The largest absolute Gasteiger partial charge is 0.334 e. The molecule has 2 heteroatoms. The van der Waals surface area contributed by atoms with Gasteiger partial charge in [-0.3, -0.25) is 0 Å². The maximum absolute atomic E-state index is 2.70. The normalized spacial score (nSPS) is 21.2. The van der Waals surface area contributed by atoms with E-state index in [2.05, 4.69) is 224 Å². The molecule has 1 aromatic heterocycles. The van der Waals surface area contributed by atoms with Gasteiger partial charge in [-0.2, -0.15) is 0 Å². The Bertz CT molecular complexity index is 3080. The maximum Gasteiger partial charge on any atom is 0.0736 e. The average Bonchev–Trinajstić information content (AvgIpc) is 3.78. The predicted molar refractivity (Wildman–Crippen MR) is 252 cm³/mol. The standard InChI is InChI=1S/C58H46N2/c1-38-27-34-52-49(35-38)46-19-7-11-23-51(46)58(52)50-22-10-6-17-42(50)36-43-18-14-26-55(57(43)58)59(44-32-29-41(30-33-44)40-15-4-3-5-16-40)56-37-45(31-28-39(56)2)60-53-24-12-8-20-47(53)48-21-9-13-25-54(48)60/h3-34,37-39,56H,35-36H2,1-2H3. The third-order valence-corrected chi connectivity index (χ3v) is 13.9. The van der Waals surface area contributed by atoms with Crippen LogP contribution in [0.25, 0.3) is 44.2 Å². The summed E-state index contributed by atoms with van der Waals surface area (Å²) in [6, 6.07) is 63.6. The molecule has 0 saturated heterocycles. The van der Waals surface area contributed by atoms with E-state index < -0.39 is 5.41 Å². The molecule has 1 spiro atoms. The second-order valence-electron chi connectivity index (χ2n) is 17.3. The molecule has 288 valence electrons. The molecule has 4 unspecified atom stereocenters. The van der Waals surface area contributed by atoms with E-state index in [0.717, 1.165) is 12.8 Å². The van der Waals surface area contributed by atoms with Crippen molar-refractivity contribution < 1.29 is 0 Å². The first kappa shape index (κ1) is 35.1. The lowest BCUT2D eigenvalue weighted by Crippen LogP contribution is -2.41. The number of anilines is 2. The van der Waals surface area contributed by atoms with E-state index in [1.807, 2.05) is 0 Å². The maximum atomic E-state index is 2.70. The lowest BCUT2D eigenvalue weighted by atomic mass is 9.60. The topological polar surface area (TPSA) is 8.17 Å². The Labute approximate surface area is 352 Å². The summed E-state index contributed by atoms with van der Waals surface area (Å²) >= 11 is 0. The molecule has 4 atom stereocenters. The summed E-state index contributed by atoms with van der Waals surface area (Å²) in [6.45, 7) is 4.75. The molecule has 0 radical (unpaired) electrons. The van der Waals surface area contributed by atoms with E-state index in [1.54, 1.807) is 0 Å². The van der Waals surface area contributed by atoms with Gasteiger partial charge >= 0.3 is 0 Å². The van der Waals surface area contributed by atoms with E-state index in [1.165, 1.54) is 94.5 Å². The first-order valence-electron chi connectivity index (χ1n) is 21.7. The zero-order valence-electron chi connectivity index (χ0n) is 34.1. The SMILES string of the molecule is CC1C=CC2=C(C1)c1ccccc1C21c2ccccc2Cc2cccc(N(c3ccc(-c4ccccc4)cc3)C3C=C(n4c5ccccc5c5ccccc54)C=CC3C)c21. The highest BCUT2D eigenvalue weighted by molar-refractivity contribution is 6.10. The molecule has 0 N–H and O–H groups in total. The fourth-order valence-electron chi connectivity index (χ4n) is 11.3. The first-order chi connectivity index (χ1) is 29.6. The fourth-order valence-corrected chi connectivity index (χ4v) is 11.3. The van der Waals surface area contributed by atoms with Gasteiger partial charge in [-0.1, -0.05) is 172 Å². The number of rotatable bonds is 5. The molecule has 4 aliphatic rings. The van der Waals surface area contributed by atoms with Crippen molar-refractivity contribution in [2.45, 2.75) is 38.1 Å². The van der Waals surface area contributed by atoms with Gasteiger partial charge in [-0.25, -0.2) is 0 Å². The van der Waals surface area contributed by atoms with Crippen molar-refractivity contribution in [2.75, 3.05) is 4.90 Å². The van der Waals surface area contributed by atoms with E-state index in [-0.39, 0.29) is 12.0 Å². The summed E-state index contributed by atoms with van der Waals surface area (Å²) < 4.78 is 2.48.